The van der Waals surface area contributed by atoms with Crippen molar-refractivity contribution in [3.63, 3.8) is 0 Å². The highest BCUT2D eigenvalue weighted by Crippen LogP contribution is 2.20. The summed E-state index contributed by atoms with van der Waals surface area (Å²) in [7, 11) is 0. The fraction of sp³-hybridized carbons (Fsp3) is 0.500. The van der Waals surface area contributed by atoms with Crippen molar-refractivity contribution in [2.45, 2.75) is 34.5 Å². The first-order chi connectivity index (χ1) is 5.46. The Kier molecular flexibility index (Phi) is 2.27. The van der Waals surface area contributed by atoms with Crippen LogP contribution in [0, 0.1) is 34.5 Å². The molecule has 0 aromatic carbocycles. The summed E-state index contributed by atoms with van der Waals surface area (Å²) in [6.45, 7) is 14.7. The lowest BCUT2D eigenvalue weighted by atomic mass is 9.67. The van der Waals surface area contributed by atoms with Gasteiger partial charge in [-0.25, -0.2) is 0 Å². The Morgan fingerprint density at radius 3 is 1.50 bits per heavy atom. The molecule has 1 rings (SSSR count). The number of nitrogens with zero attached hydrogens (tertiary/aromatic N) is 1. The summed E-state index contributed by atoms with van der Waals surface area (Å²) in [6, 6.07) is 0. The molecule has 0 aliphatic carbocycles. The SMILES string of the molecule is [CH2+][BH-](C)n1c(C)c(C)c(C)c1C. The fourth-order valence-electron chi connectivity index (χ4n) is 2.01. The molecule has 1 heterocycles. The van der Waals surface area contributed by atoms with Crippen molar-refractivity contribution in [2.24, 2.45) is 0 Å². The Morgan fingerprint density at radius 1 is 1.00 bits per heavy atom. The molecule has 1 aromatic rings. The second-order valence-electron chi connectivity index (χ2n) is 3.89. The summed E-state index contributed by atoms with van der Waals surface area (Å²) in [6.07, 6.45) is 0. The van der Waals surface area contributed by atoms with E-state index in [1.807, 2.05) is 0 Å². The Labute approximate surface area is 75.9 Å². The third-order valence-electron chi connectivity index (χ3n) is 3.00. The Balaban J connectivity index is 3.38. The molecular formula is C10H18BN. The lowest BCUT2D eigenvalue weighted by Crippen LogP contribution is -2.19. The molecule has 0 aliphatic heterocycles. The van der Waals surface area contributed by atoms with Crippen molar-refractivity contribution < 1.29 is 0 Å². The van der Waals surface area contributed by atoms with Gasteiger partial charge in [0.25, 0.3) is 6.85 Å². The maximum Gasteiger partial charge on any atom is 0.272 e. The third kappa shape index (κ3) is 1.15. The first kappa shape index (κ1) is 9.30. The van der Waals surface area contributed by atoms with E-state index in [9.17, 15) is 0 Å². The summed E-state index contributed by atoms with van der Waals surface area (Å²) in [4.78, 5) is 0. The fourth-order valence-corrected chi connectivity index (χ4v) is 2.01. The molecule has 12 heavy (non-hydrogen) atoms. The van der Waals surface area contributed by atoms with Crippen LogP contribution in [0.1, 0.15) is 22.5 Å². The zero-order chi connectivity index (χ0) is 9.46. The Bertz CT molecular complexity index is 272. The maximum atomic E-state index is 4.13. The first-order valence-electron chi connectivity index (χ1n) is 4.72. The molecule has 0 amide bonds. The van der Waals surface area contributed by atoms with Gasteiger partial charge in [0.1, 0.15) is 0 Å². The van der Waals surface area contributed by atoms with Crippen LogP contribution in [0.2, 0.25) is 6.82 Å². The molecule has 0 aliphatic rings. The molecule has 0 saturated heterocycles. The lowest BCUT2D eigenvalue weighted by Gasteiger charge is -2.15. The summed E-state index contributed by atoms with van der Waals surface area (Å²) >= 11 is 0. The highest BCUT2D eigenvalue weighted by molar-refractivity contribution is 6.57. The van der Waals surface area contributed by atoms with Crippen LogP contribution in [0.5, 0.6) is 0 Å². The molecule has 2 heteroatoms. The van der Waals surface area contributed by atoms with Crippen LogP contribution in [-0.2, 0) is 0 Å². The second kappa shape index (κ2) is 2.93. The predicted octanol–water partition coefficient (Wildman–Crippen LogP) is 2.30. The minimum Gasteiger partial charge on any atom is -0.485 e. The molecule has 0 radical (unpaired) electrons. The van der Waals surface area contributed by atoms with Gasteiger partial charge >= 0.3 is 0 Å². The van der Waals surface area contributed by atoms with Crippen LogP contribution in [-0.4, -0.2) is 11.3 Å². The summed E-state index contributed by atoms with van der Waals surface area (Å²) < 4.78 is 2.38. The van der Waals surface area contributed by atoms with Crippen LogP contribution in [0.25, 0.3) is 0 Å². The second-order valence-corrected chi connectivity index (χ2v) is 3.89. The largest absolute Gasteiger partial charge is 0.485 e. The number of rotatable bonds is 1. The molecule has 0 bridgehead atoms. The molecule has 1 unspecified atom stereocenters. The van der Waals surface area contributed by atoms with Gasteiger partial charge in [-0.1, -0.05) is 0 Å². The zero-order valence-corrected chi connectivity index (χ0v) is 8.86. The van der Waals surface area contributed by atoms with Crippen LogP contribution in [0.3, 0.4) is 0 Å². The highest BCUT2D eigenvalue weighted by atomic mass is 14.9. The normalized spacial score (nSPS) is 13.4. The van der Waals surface area contributed by atoms with E-state index in [4.69, 9.17) is 0 Å². The molecule has 1 atom stereocenters. The van der Waals surface area contributed by atoms with Gasteiger partial charge in [0.15, 0.2) is 0 Å². The average Bonchev–Trinajstić information content (AvgIpc) is 2.16. The smallest absolute Gasteiger partial charge is 0.272 e. The van der Waals surface area contributed by atoms with Gasteiger partial charge in [0, 0.05) is 0 Å². The van der Waals surface area contributed by atoms with E-state index in [-0.39, 0.29) is 0 Å². The van der Waals surface area contributed by atoms with E-state index in [1.165, 1.54) is 22.5 Å². The van der Waals surface area contributed by atoms with E-state index >= 15 is 0 Å². The van der Waals surface area contributed by atoms with Crippen molar-refractivity contribution >= 4 is 6.85 Å². The van der Waals surface area contributed by atoms with Crippen LogP contribution >= 0.6 is 0 Å². The van der Waals surface area contributed by atoms with E-state index in [1.54, 1.807) is 0 Å². The molecule has 66 valence electrons. The number of hydrogen-bond donors (Lipinski definition) is 0. The van der Waals surface area contributed by atoms with Gasteiger partial charge in [-0.15, -0.1) is 13.6 Å². The van der Waals surface area contributed by atoms with Gasteiger partial charge in [0.05, 0.1) is 0 Å². The predicted molar refractivity (Wildman–Crippen MR) is 57.1 cm³/mol. The molecule has 0 spiro atoms. The minimum atomic E-state index is -0.436. The topological polar surface area (TPSA) is 4.93 Å². The first-order valence-corrected chi connectivity index (χ1v) is 4.72. The van der Waals surface area contributed by atoms with Crippen molar-refractivity contribution in [1.29, 1.82) is 0 Å². The van der Waals surface area contributed by atoms with Crippen LogP contribution in [0.15, 0.2) is 0 Å². The lowest BCUT2D eigenvalue weighted by molar-refractivity contribution is 1.04. The summed E-state index contributed by atoms with van der Waals surface area (Å²) in [5.41, 5.74) is 5.64. The third-order valence-corrected chi connectivity index (χ3v) is 3.00. The molecular weight excluding hydrogens is 145 g/mol. The zero-order valence-electron chi connectivity index (χ0n) is 8.86. The summed E-state index contributed by atoms with van der Waals surface area (Å²) in [5, 5.41) is 0. The molecule has 1 nitrogen and oxygen atoms in total. The molecule has 1 aromatic heterocycles. The van der Waals surface area contributed by atoms with Gasteiger partial charge in [-0.05, 0) is 50.2 Å². The van der Waals surface area contributed by atoms with Crippen molar-refractivity contribution in [1.82, 2.24) is 4.48 Å². The standard InChI is InChI=1S/C10H18BN/c1-7-8(2)10(4)12(9(7)3)11(5)6/h11H,5H2,1-4,6H3. The van der Waals surface area contributed by atoms with Crippen LogP contribution < -0.4 is 0 Å². The van der Waals surface area contributed by atoms with Gasteiger partial charge < -0.3 is 4.48 Å². The monoisotopic (exact) mass is 163 g/mol. The van der Waals surface area contributed by atoms with Gasteiger partial charge in [0.2, 0.25) is 0 Å². The Hall–Kier alpha value is -0.785. The number of hydrogen-bond acceptors (Lipinski definition) is 0. The van der Waals surface area contributed by atoms with Crippen molar-refractivity contribution in [2.75, 3.05) is 0 Å². The van der Waals surface area contributed by atoms with Gasteiger partial charge in [-0.3, -0.25) is 0 Å². The van der Waals surface area contributed by atoms with E-state index < -0.39 is 6.85 Å². The quantitative estimate of drug-likeness (QED) is 0.442. The van der Waals surface area contributed by atoms with E-state index in [0.717, 1.165) is 0 Å². The van der Waals surface area contributed by atoms with Crippen molar-refractivity contribution in [3.05, 3.63) is 29.3 Å². The number of aromatic nitrogens is 1. The highest BCUT2D eigenvalue weighted by Gasteiger charge is 2.11. The van der Waals surface area contributed by atoms with Gasteiger partial charge in [-0.2, -0.15) is 0 Å². The average molecular weight is 163 g/mol. The minimum absolute atomic E-state index is 0.436. The summed E-state index contributed by atoms with van der Waals surface area (Å²) in [5.74, 6) is 0. The van der Waals surface area contributed by atoms with Crippen LogP contribution in [0.4, 0.5) is 0 Å². The Morgan fingerprint density at radius 2 is 1.33 bits per heavy atom. The molecule has 0 saturated carbocycles. The molecule has 0 fully saturated rings. The molecule has 0 N–H and O–H groups in total. The van der Waals surface area contributed by atoms with E-state index in [2.05, 4.69) is 45.8 Å². The maximum absolute atomic E-state index is 4.13. The van der Waals surface area contributed by atoms with Crippen molar-refractivity contribution in [3.8, 4) is 0 Å². The van der Waals surface area contributed by atoms with E-state index in [0.29, 0.717) is 0 Å².